The van der Waals surface area contributed by atoms with Crippen LogP contribution in [0.1, 0.15) is 22.7 Å². The van der Waals surface area contributed by atoms with Crippen LogP contribution in [-0.2, 0) is 17.6 Å². The summed E-state index contributed by atoms with van der Waals surface area (Å²) in [5.74, 6) is 0.137. The van der Waals surface area contributed by atoms with Crippen molar-refractivity contribution in [2.75, 3.05) is 6.54 Å². The Morgan fingerprint density at radius 1 is 1.14 bits per heavy atom. The number of para-hydroxylation sites is 1. The van der Waals surface area contributed by atoms with Gasteiger partial charge >= 0.3 is 0 Å². The number of nitrogens with zero attached hydrogens (tertiary/aromatic N) is 1. The van der Waals surface area contributed by atoms with Crippen LogP contribution in [-0.4, -0.2) is 17.4 Å². The molecule has 3 aromatic rings. The van der Waals surface area contributed by atoms with E-state index >= 15 is 0 Å². The van der Waals surface area contributed by atoms with Gasteiger partial charge in [-0.3, -0.25) is 4.79 Å². The molecule has 114 valence electrons. The maximum absolute atomic E-state index is 11.8. The molecule has 1 amide bonds. The van der Waals surface area contributed by atoms with Crippen LogP contribution in [0.5, 0.6) is 0 Å². The number of rotatable bonds is 7. The summed E-state index contributed by atoms with van der Waals surface area (Å²) in [5.41, 5.74) is 1.06. The predicted octanol–water partition coefficient (Wildman–Crippen LogP) is 4.04. The highest BCUT2D eigenvalue weighted by atomic mass is 32.1. The van der Waals surface area contributed by atoms with Crippen LogP contribution in [0.4, 0.5) is 0 Å². The molecule has 2 heterocycles. The summed E-state index contributed by atoms with van der Waals surface area (Å²) >= 11 is 3.46. The average Bonchev–Trinajstić information content (AvgIpc) is 3.15. The lowest BCUT2D eigenvalue weighted by atomic mass is 10.2. The molecule has 0 saturated heterocycles. The molecule has 0 bridgehead atoms. The third kappa shape index (κ3) is 4.15. The van der Waals surface area contributed by atoms with Gasteiger partial charge in [-0.05, 0) is 42.8 Å². The standard InChI is InChI=1S/C17H18N2OS2/c20-16(18-11-10-13-5-4-12-21-13)8-3-9-17-19-14-6-1-2-7-15(14)22-17/h1-2,4-7,12H,3,8-11H2,(H,18,20). The molecule has 0 aliphatic heterocycles. The Hall–Kier alpha value is -1.72. The van der Waals surface area contributed by atoms with Gasteiger partial charge in [-0.2, -0.15) is 0 Å². The molecule has 0 fully saturated rings. The molecule has 0 radical (unpaired) electrons. The zero-order valence-corrected chi connectivity index (χ0v) is 13.9. The van der Waals surface area contributed by atoms with E-state index in [0.29, 0.717) is 6.42 Å². The highest BCUT2D eigenvalue weighted by molar-refractivity contribution is 7.18. The van der Waals surface area contributed by atoms with E-state index < -0.39 is 0 Å². The number of aromatic nitrogens is 1. The van der Waals surface area contributed by atoms with Gasteiger partial charge in [-0.1, -0.05) is 18.2 Å². The normalized spacial score (nSPS) is 10.9. The summed E-state index contributed by atoms with van der Waals surface area (Å²) in [6, 6.07) is 12.3. The first kappa shape index (κ1) is 15.2. The minimum atomic E-state index is 0.137. The molecular formula is C17H18N2OS2. The molecule has 0 atom stereocenters. The quantitative estimate of drug-likeness (QED) is 0.710. The summed E-state index contributed by atoms with van der Waals surface area (Å²) in [6.45, 7) is 0.723. The molecule has 0 unspecified atom stereocenters. The first-order valence-corrected chi connectivity index (χ1v) is 9.14. The number of hydrogen-bond donors (Lipinski definition) is 1. The SMILES string of the molecule is O=C(CCCc1nc2ccccc2s1)NCCc1cccs1. The van der Waals surface area contributed by atoms with Crippen LogP contribution in [0.3, 0.4) is 0 Å². The van der Waals surface area contributed by atoms with E-state index in [0.717, 1.165) is 36.3 Å². The third-order valence-corrected chi connectivity index (χ3v) is 5.44. The van der Waals surface area contributed by atoms with Crippen molar-refractivity contribution in [2.45, 2.75) is 25.7 Å². The van der Waals surface area contributed by atoms with Crippen molar-refractivity contribution in [3.8, 4) is 0 Å². The maximum Gasteiger partial charge on any atom is 0.220 e. The van der Waals surface area contributed by atoms with Crippen molar-refractivity contribution in [1.82, 2.24) is 10.3 Å². The number of aryl methyl sites for hydroxylation is 1. The highest BCUT2D eigenvalue weighted by Crippen LogP contribution is 2.22. The summed E-state index contributed by atoms with van der Waals surface area (Å²) in [7, 11) is 0. The van der Waals surface area contributed by atoms with E-state index in [4.69, 9.17) is 0 Å². The zero-order chi connectivity index (χ0) is 15.2. The second-order valence-corrected chi connectivity index (χ2v) is 7.26. The fraction of sp³-hybridized carbons (Fsp3) is 0.294. The summed E-state index contributed by atoms with van der Waals surface area (Å²) in [5, 5.41) is 6.17. The number of carbonyl (C=O) groups is 1. The van der Waals surface area contributed by atoms with E-state index in [1.165, 1.54) is 9.58 Å². The van der Waals surface area contributed by atoms with Crippen molar-refractivity contribution < 1.29 is 4.79 Å². The topological polar surface area (TPSA) is 42.0 Å². The van der Waals surface area contributed by atoms with Gasteiger partial charge in [0.15, 0.2) is 0 Å². The van der Waals surface area contributed by atoms with E-state index in [9.17, 15) is 4.79 Å². The Labute approximate surface area is 138 Å². The summed E-state index contributed by atoms with van der Waals surface area (Å²) in [4.78, 5) is 17.7. The number of carbonyl (C=O) groups excluding carboxylic acids is 1. The molecule has 0 aliphatic rings. The molecular weight excluding hydrogens is 312 g/mol. The van der Waals surface area contributed by atoms with Crippen molar-refractivity contribution in [2.24, 2.45) is 0 Å². The smallest absolute Gasteiger partial charge is 0.220 e. The zero-order valence-electron chi connectivity index (χ0n) is 12.2. The van der Waals surface area contributed by atoms with Crippen molar-refractivity contribution >= 4 is 38.8 Å². The fourth-order valence-electron chi connectivity index (χ4n) is 2.30. The molecule has 0 aliphatic carbocycles. The molecule has 5 heteroatoms. The lowest BCUT2D eigenvalue weighted by Gasteiger charge is -2.03. The van der Waals surface area contributed by atoms with Gasteiger partial charge in [0.1, 0.15) is 0 Å². The fourth-order valence-corrected chi connectivity index (χ4v) is 4.01. The van der Waals surface area contributed by atoms with E-state index in [2.05, 4.69) is 27.8 Å². The van der Waals surface area contributed by atoms with E-state index in [-0.39, 0.29) is 5.91 Å². The number of benzene rings is 1. The Morgan fingerprint density at radius 3 is 2.86 bits per heavy atom. The number of fused-ring (bicyclic) bond motifs is 1. The van der Waals surface area contributed by atoms with Gasteiger partial charge in [0.2, 0.25) is 5.91 Å². The van der Waals surface area contributed by atoms with E-state index in [1.54, 1.807) is 22.7 Å². The summed E-state index contributed by atoms with van der Waals surface area (Å²) < 4.78 is 1.22. The average molecular weight is 330 g/mol. The second-order valence-electron chi connectivity index (χ2n) is 5.11. The minimum Gasteiger partial charge on any atom is -0.356 e. The number of thiophene rings is 1. The Balaban J connectivity index is 1.38. The lowest BCUT2D eigenvalue weighted by molar-refractivity contribution is -0.121. The molecule has 2 aromatic heterocycles. The van der Waals surface area contributed by atoms with Crippen molar-refractivity contribution in [3.05, 3.63) is 51.7 Å². The molecule has 22 heavy (non-hydrogen) atoms. The van der Waals surface area contributed by atoms with Crippen LogP contribution in [0.2, 0.25) is 0 Å². The Bertz CT molecular complexity index is 701. The number of nitrogens with one attached hydrogen (secondary N) is 1. The van der Waals surface area contributed by atoms with Crippen LogP contribution >= 0.6 is 22.7 Å². The first-order valence-electron chi connectivity index (χ1n) is 7.45. The van der Waals surface area contributed by atoms with Crippen LogP contribution < -0.4 is 5.32 Å². The van der Waals surface area contributed by atoms with Gasteiger partial charge in [-0.25, -0.2) is 4.98 Å². The van der Waals surface area contributed by atoms with Crippen molar-refractivity contribution in [1.29, 1.82) is 0 Å². The first-order chi connectivity index (χ1) is 10.8. The van der Waals surface area contributed by atoms with Crippen molar-refractivity contribution in [3.63, 3.8) is 0 Å². The Morgan fingerprint density at radius 2 is 2.05 bits per heavy atom. The van der Waals surface area contributed by atoms with Crippen LogP contribution in [0.25, 0.3) is 10.2 Å². The number of amides is 1. The number of hydrogen-bond acceptors (Lipinski definition) is 4. The monoisotopic (exact) mass is 330 g/mol. The molecule has 0 spiro atoms. The van der Waals surface area contributed by atoms with Gasteiger partial charge in [-0.15, -0.1) is 22.7 Å². The van der Waals surface area contributed by atoms with E-state index in [1.807, 2.05) is 24.3 Å². The highest BCUT2D eigenvalue weighted by Gasteiger charge is 2.05. The van der Waals surface area contributed by atoms with Gasteiger partial charge in [0.25, 0.3) is 0 Å². The largest absolute Gasteiger partial charge is 0.356 e. The summed E-state index contributed by atoms with van der Waals surface area (Å²) in [6.07, 6.45) is 3.21. The predicted molar refractivity (Wildman–Crippen MR) is 93.6 cm³/mol. The second kappa shape index (κ2) is 7.51. The lowest BCUT2D eigenvalue weighted by Crippen LogP contribution is -2.25. The third-order valence-electron chi connectivity index (χ3n) is 3.41. The molecule has 3 rings (SSSR count). The molecule has 1 N–H and O–H groups in total. The molecule has 1 aromatic carbocycles. The maximum atomic E-state index is 11.8. The molecule has 3 nitrogen and oxygen atoms in total. The van der Waals surface area contributed by atoms with Crippen LogP contribution in [0.15, 0.2) is 41.8 Å². The number of thiazole rings is 1. The van der Waals surface area contributed by atoms with Crippen LogP contribution in [0, 0.1) is 0 Å². The van der Waals surface area contributed by atoms with Gasteiger partial charge in [0, 0.05) is 17.8 Å². The Kier molecular flexibility index (Phi) is 5.19. The molecule has 0 saturated carbocycles. The van der Waals surface area contributed by atoms with Gasteiger partial charge in [0.05, 0.1) is 15.2 Å². The van der Waals surface area contributed by atoms with Gasteiger partial charge < -0.3 is 5.32 Å². The minimum absolute atomic E-state index is 0.137.